The first-order valence-corrected chi connectivity index (χ1v) is 4.98. The molecule has 2 aromatic rings. The Morgan fingerprint density at radius 3 is 3.15 bits per heavy atom. The second-order valence-electron chi connectivity index (χ2n) is 2.79. The van der Waals surface area contributed by atoms with Crippen molar-refractivity contribution in [2.75, 3.05) is 5.32 Å². The van der Waals surface area contributed by atoms with Crippen LogP contribution in [0.4, 0.5) is 5.95 Å². The molecule has 2 aromatic heterocycles. The summed E-state index contributed by atoms with van der Waals surface area (Å²) in [5, 5.41) is 5.34. The molecule has 0 bridgehead atoms. The quantitative estimate of drug-likeness (QED) is 0.809. The summed E-state index contributed by atoms with van der Waals surface area (Å²) in [6.07, 6.45) is 3.72. The number of thiophene rings is 1. The summed E-state index contributed by atoms with van der Waals surface area (Å²) in [7, 11) is 1.98. The number of hydrogen-bond acceptors (Lipinski definition) is 3. The molecule has 0 radical (unpaired) electrons. The van der Waals surface area contributed by atoms with Gasteiger partial charge in [0.2, 0.25) is 5.95 Å². The topological polar surface area (TPSA) is 29.9 Å². The molecule has 2 rings (SSSR count). The van der Waals surface area contributed by atoms with Gasteiger partial charge in [-0.05, 0) is 11.4 Å². The molecule has 1 N–H and O–H groups in total. The van der Waals surface area contributed by atoms with E-state index in [4.69, 9.17) is 0 Å². The lowest BCUT2D eigenvalue weighted by Gasteiger charge is -2.03. The lowest BCUT2D eigenvalue weighted by Crippen LogP contribution is -2.03. The van der Waals surface area contributed by atoms with Crippen molar-refractivity contribution in [2.45, 2.75) is 6.54 Å². The zero-order chi connectivity index (χ0) is 9.10. The maximum Gasteiger partial charge on any atom is 0.202 e. The van der Waals surface area contributed by atoms with Crippen molar-refractivity contribution in [2.24, 2.45) is 7.05 Å². The molecule has 2 heterocycles. The van der Waals surface area contributed by atoms with Crippen LogP contribution in [0.15, 0.2) is 29.9 Å². The summed E-state index contributed by atoms with van der Waals surface area (Å²) in [5.74, 6) is 0.911. The van der Waals surface area contributed by atoms with Gasteiger partial charge in [-0.2, -0.15) is 0 Å². The Balaban J connectivity index is 1.97. The van der Waals surface area contributed by atoms with Crippen LogP contribution in [-0.2, 0) is 13.6 Å². The zero-order valence-corrected chi connectivity index (χ0v) is 8.21. The summed E-state index contributed by atoms with van der Waals surface area (Å²) in [4.78, 5) is 5.49. The van der Waals surface area contributed by atoms with Crippen LogP contribution in [0, 0.1) is 0 Å². The fourth-order valence-corrected chi connectivity index (χ4v) is 1.76. The average Bonchev–Trinajstić information content (AvgIpc) is 2.72. The van der Waals surface area contributed by atoms with Gasteiger partial charge in [-0.15, -0.1) is 11.3 Å². The fourth-order valence-electron chi connectivity index (χ4n) is 1.12. The number of aryl methyl sites for hydroxylation is 1. The van der Waals surface area contributed by atoms with Crippen molar-refractivity contribution >= 4 is 17.3 Å². The van der Waals surface area contributed by atoms with Gasteiger partial charge < -0.3 is 9.88 Å². The number of nitrogens with zero attached hydrogens (tertiary/aromatic N) is 2. The van der Waals surface area contributed by atoms with Gasteiger partial charge in [-0.25, -0.2) is 4.98 Å². The molecule has 0 saturated carbocycles. The largest absolute Gasteiger partial charge is 0.351 e. The van der Waals surface area contributed by atoms with Gasteiger partial charge in [0.05, 0.1) is 6.54 Å². The van der Waals surface area contributed by atoms with Crippen LogP contribution >= 0.6 is 11.3 Å². The van der Waals surface area contributed by atoms with E-state index in [-0.39, 0.29) is 0 Å². The first kappa shape index (κ1) is 8.31. The number of imidazole rings is 1. The van der Waals surface area contributed by atoms with Crippen molar-refractivity contribution < 1.29 is 0 Å². The minimum Gasteiger partial charge on any atom is -0.351 e. The molecule has 13 heavy (non-hydrogen) atoms. The van der Waals surface area contributed by atoms with E-state index in [0.29, 0.717) is 0 Å². The van der Waals surface area contributed by atoms with Gasteiger partial charge in [0, 0.05) is 24.3 Å². The highest BCUT2D eigenvalue weighted by Crippen LogP contribution is 2.10. The minimum atomic E-state index is 0.850. The normalized spacial score (nSPS) is 10.2. The Kier molecular flexibility index (Phi) is 2.31. The summed E-state index contributed by atoms with van der Waals surface area (Å²) in [6.45, 7) is 0.850. The summed E-state index contributed by atoms with van der Waals surface area (Å²) >= 11 is 1.75. The third-order valence-corrected chi connectivity index (χ3v) is 2.70. The highest BCUT2D eigenvalue weighted by Gasteiger charge is 1.97. The molecule has 68 valence electrons. The zero-order valence-electron chi connectivity index (χ0n) is 7.40. The summed E-state index contributed by atoms with van der Waals surface area (Å²) in [6, 6.07) is 4.17. The maximum atomic E-state index is 4.17. The third-order valence-electron chi connectivity index (χ3n) is 1.82. The summed E-state index contributed by atoms with van der Waals surface area (Å²) < 4.78 is 1.97. The van der Waals surface area contributed by atoms with Gasteiger partial charge in [-0.1, -0.05) is 6.07 Å². The smallest absolute Gasteiger partial charge is 0.202 e. The molecule has 0 unspecified atom stereocenters. The maximum absolute atomic E-state index is 4.17. The Morgan fingerprint density at radius 1 is 1.62 bits per heavy atom. The first-order valence-electron chi connectivity index (χ1n) is 4.10. The number of nitrogens with one attached hydrogen (secondary N) is 1. The van der Waals surface area contributed by atoms with Crippen LogP contribution in [0.5, 0.6) is 0 Å². The highest BCUT2D eigenvalue weighted by molar-refractivity contribution is 7.09. The van der Waals surface area contributed by atoms with E-state index in [9.17, 15) is 0 Å². The van der Waals surface area contributed by atoms with Gasteiger partial charge in [-0.3, -0.25) is 0 Å². The van der Waals surface area contributed by atoms with E-state index in [1.807, 2.05) is 17.8 Å². The van der Waals surface area contributed by atoms with E-state index in [1.54, 1.807) is 17.5 Å². The molecule has 0 spiro atoms. The van der Waals surface area contributed by atoms with Crippen molar-refractivity contribution in [3.63, 3.8) is 0 Å². The molecule has 0 amide bonds. The Hall–Kier alpha value is -1.29. The molecule has 0 atom stereocenters. The Labute approximate surface area is 81.0 Å². The molecule has 0 aliphatic carbocycles. The molecule has 3 nitrogen and oxygen atoms in total. The van der Waals surface area contributed by atoms with Crippen LogP contribution in [0.1, 0.15) is 4.88 Å². The number of hydrogen-bond donors (Lipinski definition) is 1. The van der Waals surface area contributed by atoms with Gasteiger partial charge in [0.25, 0.3) is 0 Å². The number of aromatic nitrogens is 2. The standard InChI is InChI=1S/C9H11N3S/c1-12-5-4-10-9(12)11-7-8-3-2-6-13-8/h2-6H,7H2,1H3,(H,10,11). The van der Waals surface area contributed by atoms with Gasteiger partial charge in [0.15, 0.2) is 0 Å². The molecule has 0 aromatic carbocycles. The lowest BCUT2D eigenvalue weighted by molar-refractivity contribution is 0.902. The SMILES string of the molecule is Cn1ccnc1NCc1cccs1. The van der Waals surface area contributed by atoms with Crippen LogP contribution in [0.25, 0.3) is 0 Å². The van der Waals surface area contributed by atoms with E-state index in [2.05, 4.69) is 27.8 Å². The summed E-state index contributed by atoms with van der Waals surface area (Å²) in [5.41, 5.74) is 0. The van der Waals surface area contributed by atoms with Crippen molar-refractivity contribution in [3.8, 4) is 0 Å². The molecule has 4 heteroatoms. The molecule has 0 aliphatic rings. The van der Waals surface area contributed by atoms with Crippen LogP contribution in [0.2, 0.25) is 0 Å². The van der Waals surface area contributed by atoms with Crippen molar-refractivity contribution in [1.82, 2.24) is 9.55 Å². The van der Waals surface area contributed by atoms with Crippen molar-refractivity contribution in [3.05, 3.63) is 34.8 Å². The monoisotopic (exact) mass is 193 g/mol. The Bertz CT molecular complexity index is 364. The predicted molar refractivity (Wildman–Crippen MR) is 54.9 cm³/mol. The van der Waals surface area contributed by atoms with E-state index in [1.165, 1.54) is 4.88 Å². The van der Waals surface area contributed by atoms with Crippen molar-refractivity contribution in [1.29, 1.82) is 0 Å². The molecule has 0 fully saturated rings. The molecular weight excluding hydrogens is 182 g/mol. The highest BCUT2D eigenvalue weighted by atomic mass is 32.1. The van der Waals surface area contributed by atoms with E-state index >= 15 is 0 Å². The molecule has 0 aliphatic heterocycles. The lowest BCUT2D eigenvalue weighted by atomic mass is 10.5. The van der Waals surface area contributed by atoms with Gasteiger partial charge in [0.1, 0.15) is 0 Å². The third kappa shape index (κ3) is 1.89. The Morgan fingerprint density at radius 2 is 2.54 bits per heavy atom. The molecular formula is C9H11N3S. The fraction of sp³-hybridized carbons (Fsp3) is 0.222. The second-order valence-corrected chi connectivity index (χ2v) is 3.83. The van der Waals surface area contributed by atoms with E-state index < -0.39 is 0 Å². The predicted octanol–water partition coefficient (Wildman–Crippen LogP) is 2.09. The molecule has 0 saturated heterocycles. The average molecular weight is 193 g/mol. The minimum absolute atomic E-state index is 0.850. The van der Waals surface area contributed by atoms with Crippen LogP contribution in [-0.4, -0.2) is 9.55 Å². The number of anilines is 1. The first-order chi connectivity index (χ1) is 6.36. The van der Waals surface area contributed by atoms with Crippen LogP contribution in [0.3, 0.4) is 0 Å². The number of rotatable bonds is 3. The van der Waals surface area contributed by atoms with Crippen LogP contribution < -0.4 is 5.32 Å². The second kappa shape index (κ2) is 3.62. The van der Waals surface area contributed by atoms with Gasteiger partial charge >= 0.3 is 0 Å². The van der Waals surface area contributed by atoms with E-state index in [0.717, 1.165) is 12.5 Å².